The lowest BCUT2D eigenvalue weighted by molar-refractivity contribution is -0.136. The van der Waals surface area contributed by atoms with Crippen molar-refractivity contribution < 1.29 is 18.7 Å². The number of carbonyl (C=O) groups excluding carboxylic acids is 2. The van der Waals surface area contributed by atoms with Gasteiger partial charge in [-0.25, -0.2) is 9.37 Å². The van der Waals surface area contributed by atoms with Gasteiger partial charge in [-0.05, 0) is 30.2 Å². The van der Waals surface area contributed by atoms with E-state index >= 15 is 0 Å². The third-order valence-corrected chi connectivity index (χ3v) is 6.29. The second-order valence-corrected chi connectivity index (χ2v) is 8.16. The number of aromatic nitrogens is 1. The maximum Gasteiger partial charge on any atom is 0.261 e. The first-order valence-electron chi connectivity index (χ1n) is 9.80. The van der Waals surface area contributed by atoms with Gasteiger partial charge in [-0.1, -0.05) is 18.2 Å². The molecule has 0 aliphatic carbocycles. The summed E-state index contributed by atoms with van der Waals surface area (Å²) in [6.45, 7) is 3.35. The molecule has 2 amide bonds. The van der Waals surface area contributed by atoms with Gasteiger partial charge in [0.15, 0.2) is 0 Å². The number of morpholine rings is 1. The van der Waals surface area contributed by atoms with Crippen LogP contribution in [0.15, 0.2) is 42.6 Å². The van der Waals surface area contributed by atoms with E-state index in [4.69, 9.17) is 4.74 Å². The molecule has 0 unspecified atom stereocenters. The molecule has 6 nitrogen and oxygen atoms in total. The Morgan fingerprint density at radius 2 is 2.10 bits per heavy atom. The van der Waals surface area contributed by atoms with Gasteiger partial charge in [0, 0.05) is 37.2 Å². The summed E-state index contributed by atoms with van der Waals surface area (Å²) in [6, 6.07) is 10.0. The van der Waals surface area contributed by atoms with Gasteiger partial charge in [0.2, 0.25) is 5.91 Å². The maximum absolute atomic E-state index is 13.0. The molecule has 1 aromatic carbocycles. The molecule has 0 spiro atoms. The van der Waals surface area contributed by atoms with Crippen LogP contribution in [-0.2, 0) is 16.0 Å². The number of hydrogen-bond donors (Lipinski definition) is 1. The summed E-state index contributed by atoms with van der Waals surface area (Å²) < 4.78 is 19.0. The predicted molar refractivity (Wildman–Crippen MR) is 113 cm³/mol. The molecular formula is C22H22FN3O3S. The molecule has 1 aliphatic rings. The summed E-state index contributed by atoms with van der Waals surface area (Å²) in [5, 5.41) is 3.83. The van der Waals surface area contributed by atoms with E-state index < -0.39 is 0 Å². The number of rotatable bonds is 5. The average Bonchev–Trinajstić information content (AvgIpc) is 3.15. The van der Waals surface area contributed by atoms with Gasteiger partial charge in [-0.3, -0.25) is 9.59 Å². The largest absolute Gasteiger partial charge is 0.370 e. The summed E-state index contributed by atoms with van der Waals surface area (Å²) in [6.07, 6.45) is 1.92. The zero-order chi connectivity index (χ0) is 21.1. The highest BCUT2D eigenvalue weighted by Gasteiger charge is 2.30. The fourth-order valence-corrected chi connectivity index (χ4v) is 4.71. The number of nitrogens with one attached hydrogen (secondary N) is 1. The monoisotopic (exact) mass is 427 g/mol. The fraction of sp³-hybridized carbons (Fsp3) is 0.318. The van der Waals surface area contributed by atoms with Crippen LogP contribution in [0.5, 0.6) is 0 Å². The third-order valence-electron chi connectivity index (χ3n) is 5.16. The van der Waals surface area contributed by atoms with Gasteiger partial charge in [0.25, 0.3) is 5.91 Å². The van der Waals surface area contributed by atoms with E-state index in [1.165, 1.54) is 23.5 Å². The molecule has 4 rings (SSSR count). The van der Waals surface area contributed by atoms with Crippen LogP contribution in [0, 0.1) is 5.82 Å². The lowest BCUT2D eigenvalue weighted by atomic mass is 10.0. The van der Waals surface area contributed by atoms with Crippen molar-refractivity contribution in [2.45, 2.75) is 19.4 Å². The number of pyridine rings is 1. The summed E-state index contributed by atoms with van der Waals surface area (Å²) in [5.74, 6) is -0.484. The molecule has 0 radical (unpaired) electrons. The summed E-state index contributed by atoms with van der Waals surface area (Å²) in [4.78, 5) is 32.3. The molecule has 1 saturated heterocycles. The van der Waals surface area contributed by atoms with Crippen LogP contribution in [0.3, 0.4) is 0 Å². The van der Waals surface area contributed by atoms with Crippen LogP contribution >= 0.6 is 11.3 Å². The zero-order valence-corrected chi connectivity index (χ0v) is 17.4. The third kappa shape index (κ3) is 4.34. The topological polar surface area (TPSA) is 71.5 Å². The van der Waals surface area contributed by atoms with Crippen LogP contribution in [0.1, 0.15) is 33.8 Å². The number of fused-ring (bicyclic) bond motifs is 1. The summed E-state index contributed by atoms with van der Waals surface area (Å²) >= 11 is 1.33. The number of halogens is 1. The number of carbonyl (C=O) groups is 2. The summed E-state index contributed by atoms with van der Waals surface area (Å²) in [5.41, 5.74) is 1.73. The van der Waals surface area contributed by atoms with Crippen molar-refractivity contribution in [2.24, 2.45) is 0 Å². The number of nitrogens with zero attached hydrogens (tertiary/aromatic N) is 2. The van der Waals surface area contributed by atoms with E-state index in [9.17, 15) is 14.0 Å². The van der Waals surface area contributed by atoms with E-state index in [2.05, 4.69) is 10.3 Å². The Hall–Kier alpha value is -2.84. The Bertz CT molecular complexity index is 1070. The Kier molecular flexibility index (Phi) is 6.06. The Morgan fingerprint density at radius 3 is 2.87 bits per heavy atom. The molecule has 2 aromatic heterocycles. The van der Waals surface area contributed by atoms with Gasteiger partial charge in [-0.15, -0.1) is 11.3 Å². The Balaban J connectivity index is 1.55. The van der Waals surface area contributed by atoms with Gasteiger partial charge in [0.05, 0.1) is 13.2 Å². The maximum atomic E-state index is 13.0. The van der Waals surface area contributed by atoms with E-state index in [0.29, 0.717) is 37.5 Å². The minimum atomic E-state index is -0.376. The molecule has 0 bridgehead atoms. The van der Waals surface area contributed by atoms with Crippen LogP contribution in [0.25, 0.3) is 10.2 Å². The molecule has 3 heterocycles. The second kappa shape index (κ2) is 8.89. The molecule has 30 heavy (non-hydrogen) atoms. The van der Waals surface area contributed by atoms with E-state index in [0.717, 1.165) is 21.3 Å². The number of hydrogen-bond acceptors (Lipinski definition) is 5. The highest BCUT2D eigenvalue weighted by atomic mass is 32.1. The van der Waals surface area contributed by atoms with Gasteiger partial charge < -0.3 is 15.0 Å². The average molecular weight is 428 g/mol. The van der Waals surface area contributed by atoms with Crippen molar-refractivity contribution >= 4 is 33.4 Å². The molecule has 8 heteroatoms. The fourth-order valence-electron chi connectivity index (χ4n) is 3.60. The molecule has 1 fully saturated rings. The molecule has 0 saturated carbocycles. The van der Waals surface area contributed by atoms with Crippen LogP contribution in [-0.4, -0.2) is 47.9 Å². The molecule has 1 atom stereocenters. The zero-order valence-electron chi connectivity index (χ0n) is 16.6. The Morgan fingerprint density at radius 1 is 1.30 bits per heavy atom. The second-order valence-electron chi connectivity index (χ2n) is 7.16. The molecule has 1 aliphatic heterocycles. The first-order valence-corrected chi connectivity index (χ1v) is 10.6. The van der Waals surface area contributed by atoms with Crippen molar-refractivity contribution in [2.75, 3.05) is 26.2 Å². The van der Waals surface area contributed by atoms with Crippen molar-refractivity contribution in [1.82, 2.24) is 15.2 Å². The predicted octanol–water partition coefficient (Wildman–Crippen LogP) is 3.33. The number of amides is 2. The normalized spacial score (nSPS) is 16.6. The lowest BCUT2D eigenvalue weighted by Crippen LogP contribution is -2.41. The SMILES string of the molecule is CC(=O)N1CCO[C@H](c2c(C(=O)NCCc3ccc(F)cc3)sc3ncccc23)C1. The van der Waals surface area contributed by atoms with Crippen LogP contribution in [0.4, 0.5) is 4.39 Å². The summed E-state index contributed by atoms with van der Waals surface area (Å²) in [7, 11) is 0. The first-order chi connectivity index (χ1) is 14.5. The number of ether oxygens (including phenoxy) is 1. The minimum absolute atomic E-state index is 0.00809. The molecular weight excluding hydrogens is 405 g/mol. The van der Waals surface area contributed by atoms with Gasteiger partial charge in [0.1, 0.15) is 21.6 Å². The van der Waals surface area contributed by atoms with E-state index in [1.807, 2.05) is 12.1 Å². The molecule has 3 aromatic rings. The first kappa shape index (κ1) is 20.4. The van der Waals surface area contributed by atoms with Crippen LogP contribution < -0.4 is 5.32 Å². The van der Waals surface area contributed by atoms with E-state index in [1.54, 1.807) is 30.2 Å². The van der Waals surface area contributed by atoms with Gasteiger partial charge in [-0.2, -0.15) is 0 Å². The van der Waals surface area contributed by atoms with Gasteiger partial charge >= 0.3 is 0 Å². The van der Waals surface area contributed by atoms with Crippen molar-refractivity contribution in [3.05, 3.63) is 64.4 Å². The van der Waals surface area contributed by atoms with Crippen molar-refractivity contribution in [3.8, 4) is 0 Å². The minimum Gasteiger partial charge on any atom is -0.370 e. The number of benzene rings is 1. The quantitative estimate of drug-likeness (QED) is 0.678. The van der Waals surface area contributed by atoms with E-state index in [-0.39, 0.29) is 23.7 Å². The van der Waals surface area contributed by atoms with Crippen LogP contribution in [0.2, 0.25) is 0 Å². The Labute approximate surface area is 177 Å². The molecule has 156 valence electrons. The van der Waals surface area contributed by atoms with Crippen molar-refractivity contribution in [3.63, 3.8) is 0 Å². The van der Waals surface area contributed by atoms with Crippen molar-refractivity contribution in [1.29, 1.82) is 0 Å². The standard InChI is InChI=1S/C22H22FN3O3S/c1-14(27)26-11-12-29-18(13-26)19-17-3-2-9-25-22(17)30-20(19)21(28)24-10-8-15-4-6-16(23)7-5-15/h2-7,9,18H,8,10-13H2,1H3,(H,24,28)/t18-/m0/s1. The highest BCUT2D eigenvalue weighted by molar-refractivity contribution is 7.20. The smallest absolute Gasteiger partial charge is 0.261 e. The lowest BCUT2D eigenvalue weighted by Gasteiger charge is -2.32. The number of thiophene rings is 1. The molecule has 1 N–H and O–H groups in total. The highest BCUT2D eigenvalue weighted by Crippen LogP contribution is 2.37.